The first-order valence-corrected chi connectivity index (χ1v) is 9.52. The molecule has 2 N–H and O–H groups in total. The number of phenolic OH excluding ortho intramolecular Hbond substituents is 1. The number of carboxylic acids is 1. The summed E-state index contributed by atoms with van der Waals surface area (Å²) in [5.41, 5.74) is 2.37. The smallest absolute Gasteiger partial charge is 0.335 e. The van der Waals surface area contributed by atoms with E-state index in [4.69, 9.17) is 9.84 Å². The van der Waals surface area contributed by atoms with Gasteiger partial charge in [0, 0.05) is 0 Å². The number of aromatic hydroxyl groups is 1. The summed E-state index contributed by atoms with van der Waals surface area (Å²) in [4.78, 5) is 11.1. The van der Waals surface area contributed by atoms with Gasteiger partial charge in [-0.1, -0.05) is 25.5 Å². The van der Waals surface area contributed by atoms with E-state index in [2.05, 4.69) is 33.8 Å². The van der Waals surface area contributed by atoms with Crippen LogP contribution in [0, 0.1) is 11.3 Å². The molecule has 1 aromatic carbocycles. The largest absolute Gasteiger partial charge is 0.508 e. The van der Waals surface area contributed by atoms with Crippen LogP contribution in [0.25, 0.3) is 0 Å². The Morgan fingerprint density at radius 1 is 1.35 bits per heavy atom. The van der Waals surface area contributed by atoms with E-state index in [9.17, 15) is 9.90 Å². The molecule has 2 fully saturated rings. The van der Waals surface area contributed by atoms with Crippen LogP contribution < -0.4 is 0 Å². The van der Waals surface area contributed by atoms with Gasteiger partial charge in [-0.25, -0.2) is 4.79 Å². The summed E-state index contributed by atoms with van der Waals surface area (Å²) in [7, 11) is 0. The Morgan fingerprint density at radius 2 is 2.08 bits per heavy atom. The number of aromatic carboxylic acids is 1. The Hall–Kier alpha value is -1.81. The zero-order valence-electron chi connectivity index (χ0n) is 16.2. The van der Waals surface area contributed by atoms with Gasteiger partial charge in [-0.3, -0.25) is 0 Å². The molecule has 0 radical (unpaired) electrons. The molecule has 3 rings (SSSR count). The predicted molar refractivity (Wildman–Crippen MR) is 102 cm³/mol. The van der Waals surface area contributed by atoms with Gasteiger partial charge in [-0.2, -0.15) is 0 Å². The molecule has 0 aliphatic carbocycles. The molecule has 142 valence electrons. The molecule has 1 aromatic rings. The van der Waals surface area contributed by atoms with Crippen molar-refractivity contribution >= 4 is 5.97 Å². The van der Waals surface area contributed by atoms with Crippen molar-refractivity contribution in [1.82, 2.24) is 0 Å². The number of benzene rings is 1. The number of fused-ring (bicyclic) bond motifs is 2. The van der Waals surface area contributed by atoms with Crippen LogP contribution >= 0.6 is 0 Å². The van der Waals surface area contributed by atoms with E-state index in [1.165, 1.54) is 24.1 Å². The summed E-state index contributed by atoms with van der Waals surface area (Å²) in [6.45, 7) is 9.05. The van der Waals surface area contributed by atoms with E-state index in [0.717, 1.165) is 19.3 Å². The molecular formula is C22H30O4. The second kappa shape index (κ2) is 6.73. The summed E-state index contributed by atoms with van der Waals surface area (Å²) < 4.78 is 6.29. The first kappa shape index (κ1) is 19.0. The second-order valence-electron chi connectivity index (χ2n) is 8.77. The third-order valence-electron chi connectivity index (χ3n) is 6.60. The molecule has 0 amide bonds. The van der Waals surface area contributed by atoms with Crippen LogP contribution in [0.3, 0.4) is 0 Å². The molecule has 4 nitrogen and oxygen atoms in total. The van der Waals surface area contributed by atoms with Crippen LogP contribution in [0.2, 0.25) is 0 Å². The van der Waals surface area contributed by atoms with Crippen LogP contribution in [0.15, 0.2) is 29.8 Å². The maximum Gasteiger partial charge on any atom is 0.335 e. The third kappa shape index (κ3) is 3.39. The van der Waals surface area contributed by atoms with Crippen molar-refractivity contribution in [3.8, 4) is 5.75 Å². The van der Waals surface area contributed by atoms with Crippen molar-refractivity contribution < 1.29 is 19.7 Å². The Labute approximate surface area is 155 Å². The topological polar surface area (TPSA) is 66.8 Å². The molecule has 26 heavy (non-hydrogen) atoms. The van der Waals surface area contributed by atoms with Crippen LogP contribution in [-0.2, 0) is 11.2 Å². The van der Waals surface area contributed by atoms with Gasteiger partial charge in [0.05, 0.1) is 17.3 Å². The number of carboxylic acid groups (broad SMARTS) is 1. The first-order chi connectivity index (χ1) is 12.1. The molecule has 3 atom stereocenters. The van der Waals surface area contributed by atoms with Gasteiger partial charge in [0.25, 0.3) is 0 Å². The molecule has 2 saturated heterocycles. The Kier molecular flexibility index (Phi) is 4.91. The number of carbonyl (C=O) groups is 1. The highest BCUT2D eigenvalue weighted by Crippen LogP contribution is 2.59. The van der Waals surface area contributed by atoms with E-state index in [0.29, 0.717) is 24.0 Å². The van der Waals surface area contributed by atoms with E-state index in [1.807, 2.05) is 0 Å². The molecular weight excluding hydrogens is 328 g/mol. The van der Waals surface area contributed by atoms with Crippen LogP contribution in [0.1, 0.15) is 69.3 Å². The highest BCUT2D eigenvalue weighted by molar-refractivity contribution is 5.88. The van der Waals surface area contributed by atoms with Gasteiger partial charge < -0.3 is 14.9 Å². The summed E-state index contributed by atoms with van der Waals surface area (Å²) in [5.74, 6) is -0.270. The molecule has 0 saturated carbocycles. The molecule has 3 unspecified atom stereocenters. The Balaban J connectivity index is 1.63. The van der Waals surface area contributed by atoms with Gasteiger partial charge in [0.15, 0.2) is 0 Å². The zero-order valence-corrected chi connectivity index (χ0v) is 16.2. The van der Waals surface area contributed by atoms with Crippen molar-refractivity contribution in [1.29, 1.82) is 0 Å². The highest BCUT2D eigenvalue weighted by Gasteiger charge is 2.60. The SMILES string of the molecule is CC(=CCc1cc(C(=O)O)ccc1O)CCC1C2(C)CCC(O2)C1(C)C. The summed E-state index contributed by atoms with van der Waals surface area (Å²) in [6, 6.07) is 4.43. The maximum atomic E-state index is 11.1. The van der Waals surface area contributed by atoms with Gasteiger partial charge in [-0.15, -0.1) is 0 Å². The van der Waals surface area contributed by atoms with Crippen molar-refractivity contribution in [2.24, 2.45) is 11.3 Å². The average molecular weight is 358 g/mol. The summed E-state index contributed by atoms with van der Waals surface area (Å²) >= 11 is 0. The van der Waals surface area contributed by atoms with Crippen molar-refractivity contribution in [2.75, 3.05) is 0 Å². The van der Waals surface area contributed by atoms with Gasteiger partial charge in [-0.05, 0) is 81.0 Å². The van der Waals surface area contributed by atoms with E-state index in [-0.39, 0.29) is 22.3 Å². The predicted octanol–water partition coefficient (Wildman–Crippen LogP) is 4.95. The van der Waals surface area contributed by atoms with E-state index in [1.54, 1.807) is 6.07 Å². The molecule has 0 aromatic heterocycles. The molecule has 0 spiro atoms. The molecule has 4 heteroatoms. The van der Waals surface area contributed by atoms with Crippen molar-refractivity contribution in [2.45, 2.75) is 71.5 Å². The zero-order chi connectivity index (χ0) is 19.1. The normalized spacial score (nSPS) is 29.9. The monoisotopic (exact) mass is 358 g/mol. The van der Waals surface area contributed by atoms with Gasteiger partial charge in [0.1, 0.15) is 5.75 Å². The van der Waals surface area contributed by atoms with E-state index < -0.39 is 5.97 Å². The standard InChI is InChI=1S/C22H30O4/c1-14(5-7-15-13-16(20(24)25)8-9-17(15)23)6-10-18-21(2,3)19-11-12-22(18,4)26-19/h5,8-9,13,18-19,23H,6-7,10-12H2,1-4H3,(H,24,25). The van der Waals surface area contributed by atoms with Crippen LogP contribution in [0.4, 0.5) is 0 Å². The molecule has 2 bridgehead atoms. The van der Waals surface area contributed by atoms with Crippen molar-refractivity contribution in [3.63, 3.8) is 0 Å². The number of hydrogen-bond donors (Lipinski definition) is 2. The fourth-order valence-electron chi connectivity index (χ4n) is 4.97. The minimum Gasteiger partial charge on any atom is -0.508 e. The highest BCUT2D eigenvalue weighted by atomic mass is 16.5. The quantitative estimate of drug-likeness (QED) is 0.706. The average Bonchev–Trinajstić information content (AvgIpc) is 3.04. The summed E-state index contributed by atoms with van der Waals surface area (Å²) in [6.07, 6.45) is 7.46. The van der Waals surface area contributed by atoms with Crippen LogP contribution in [-0.4, -0.2) is 27.9 Å². The maximum absolute atomic E-state index is 11.1. The van der Waals surface area contributed by atoms with Crippen molar-refractivity contribution in [3.05, 3.63) is 41.0 Å². The van der Waals surface area contributed by atoms with Gasteiger partial charge in [0.2, 0.25) is 0 Å². The second-order valence-corrected chi connectivity index (χ2v) is 8.77. The summed E-state index contributed by atoms with van der Waals surface area (Å²) in [5, 5.41) is 19.1. The lowest BCUT2D eigenvalue weighted by Gasteiger charge is -2.39. The Bertz CT molecular complexity index is 729. The van der Waals surface area contributed by atoms with Crippen LogP contribution in [0.5, 0.6) is 5.75 Å². The molecule has 2 aliphatic heterocycles. The lowest BCUT2D eigenvalue weighted by Crippen LogP contribution is -2.40. The minimum atomic E-state index is -0.973. The molecule has 2 aliphatic rings. The first-order valence-electron chi connectivity index (χ1n) is 9.52. The fraction of sp³-hybridized carbons (Fsp3) is 0.591. The number of ether oxygens (including phenoxy) is 1. The number of rotatable bonds is 6. The Morgan fingerprint density at radius 3 is 2.69 bits per heavy atom. The molecule has 2 heterocycles. The lowest BCUT2D eigenvalue weighted by molar-refractivity contribution is 0.00469. The number of allylic oxidation sites excluding steroid dienone is 2. The lowest BCUT2D eigenvalue weighted by atomic mass is 9.62. The minimum absolute atomic E-state index is 0.0164. The fourth-order valence-corrected chi connectivity index (χ4v) is 4.97. The number of phenols is 1. The van der Waals surface area contributed by atoms with Gasteiger partial charge >= 0.3 is 5.97 Å². The third-order valence-corrected chi connectivity index (χ3v) is 6.60. The number of hydrogen-bond acceptors (Lipinski definition) is 3. The van der Waals surface area contributed by atoms with E-state index >= 15 is 0 Å².